The fourth-order valence-electron chi connectivity index (χ4n) is 9.58. The van der Waals surface area contributed by atoms with Crippen LogP contribution in [0.2, 0.25) is 0 Å². The first-order valence-electron chi connectivity index (χ1n) is 35.3. The maximum absolute atomic E-state index is 13.0. The topological polar surface area (TPSA) is 108 Å². The number of aliphatic carboxylic acids is 1. The van der Waals surface area contributed by atoms with Crippen LogP contribution >= 0.6 is 0 Å². The Morgan fingerprint density at radius 2 is 0.621 bits per heavy atom. The molecule has 0 saturated carbocycles. The van der Waals surface area contributed by atoms with Crippen LogP contribution in [0.25, 0.3) is 0 Å². The number of hydrogen-bond acceptors (Lipinski definition) is 7. The number of likely N-dealkylation sites (N-methyl/N-ethyl adjacent to an activating group) is 1. The molecule has 0 fully saturated rings. The number of ether oxygens (including phenoxy) is 4. The summed E-state index contributed by atoms with van der Waals surface area (Å²) in [6, 6.07) is 0. The third-order valence-corrected chi connectivity index (χ3v) is 14.9. The Balaban J connectivity index is 4.13. The smallest absolute Gasteiger partial charge is 0.361 e. The number of quaternary nitrogens is 1. The SMILES string of the molecule is CC/C=C\C/C=C\C/C=C\C/C=C\C/C=C\C/C=C\CCCCCCCCCCCCC(=O)OC(COC(=O)CCCCCCCCCCCCCCCCCCC/C=C\C/C=C\C/C=C\C/C=C\C/C=C\CC)COC(OCC[N+](C)(C)C)C(=O)O. The Kier molecular flexibility index (Phi) is 63.8. The van der Waals surface area contributed by atoms with Crippen molar-refractivity contribution in [3.63, 3.8) is 0 Å². The molecule has 2 unspecified atom stereocenters. The quantitative estimate of drug-likeness (QED) is 0.0211. The van der Waals surface area contributed by atoms with Gasteiger partial charge in [0.25, 0.3) is 6.29 Å². The lowest BCUT2D eigenvalue weighted by atomic mass is 10.0. The van der Waals surface area contributed by atoms with Crippen LogP contribution in [0, 0.1) is 0 Å². The number of nitrogens with zero attached hydrogens (tertiary/aromatic N) is 1. The fourth-order valence-corrected chi connectivity index (χ4v) is 9.58. The zero-order valence-corrected chi connectivity index (χ0v) is 56.6. The number of rotatable bonds is 64. The van der Waals surface area contributed by atoms with Gasteiger partial charge < -0.3 is 28.5 Å². The van der Waals surface area contributed by atoms with Crippen molar-refractivity contribution in [3.8, 4) is 0 Å². The molecule has 0 aromatic carbocycles. The van der Waals surface area contributed by atoms with E-state index in [1.165, 1.54) is 135 Å². The van der Waals surface area contributed by atoms with Crippen molar-refractivity contribution in [2.24, 2.45) is 0 Å². The van der Waals surface area contributed by atoms with Gasteiger partial charge in [-0.25, -0.2) is 4.79 Å². The Hall–Kier alpha value is -4.57. The molecule has 1 N–H and O–H groups in total. The van der Waals surface area contributed by atoms with Crippen LogP contribution in [0.3, 0.4) is 0 Å². The van der Waals surface area contributed by atoms with Crippen molar-refractivity contribution in [2.75, 3.05) is 47.5 Å². The molecule has 87 heavy (non-hydrogen) atoms. The molecule has 0 heterocycles. The number of hydrogen-bond donors (Lipinski definition) is 1. The first-order chi connectivity index (χ1) is 42.6. The highest BCUT2D eigenvalue weighted by Crippen LogP contribution is 2.17. The van der Waals surface area contributed by atoms with E-state index in [9.17, 15) is 19.5 Å². The third kappa shape index (κ3) is 68.8. The molecule has 0 aromatic heterocycles. The van der Waals surface area contributed by atoms with E-state index in [0.717, 1.165) is 116 Å². The minimum Gasteiger partial charge on any atom is -0.477 e. The van der Waals surface area contributed by atoms with Crippen molar-refractivity contribution in [3.05, 3.63) is 134 Å². The molecule has 0 aliphatic heterocycles. The van der Waals surface area contributed by atoms with Gasteiger partial charge in [-0.05, 0) is 109 Å². The maximum Gasteiger partial charge on any atom is 0.361 e. The highest BCUT2D eigenvalue weighted by Gasteiger charge is 2.25. The lowest BCUT2D eigenvalue weighted by Crippen LogP contribution is -2.40. The van der Waals surface area contributed by atoms with Gasteiger partial charge in [0.1, 0.15) is 13.2 Å². The number of esters is 2. The summed E-state index contributed by atoms with van der Waals surface area (Å²) in [5.74, 6) is -2.01. The molecule has 0 saturated heterocycles. The van der Waals surface area contributed by atoms with Gasteiger partial charge in [-0.2, -0.15) is 0 Å². The molecule has 0 radical (unpaired) electrons. The third-order valence-electron chi connectivity index (χ3n) is 14.9. The van der Waals surface area contributed by atoms with Gasteiger partial charge in [0.05, 0.1) is 34.4 Å². The van der Waals surface area contributed by atoms with Gasteiger partial charge in [-0.1, -0.05) is 295 Å². The molecule has 0 aliphatic carbocycles. The number of carboxylic acid groups (broad SMARTS) is 1. The number of carbonyl (C=O) groups is 3. The van der Waals surface area contributed by atoms with E-state index in [1.54, 1.807) is 0 Å². The summed E-state index contributed by atoms with van der Waals surface area (Å²) in [5, 5.41) is 9.75. The van der Waals surface area contributed by atoms with Gasteiger partial charge in [0.15, 0.2) is 6.10 Å². The predicted molar refractivity (Wildman–Crippen MR) is 373 cm³/mol. The largest absolute Gasteiger partial charge is 0.477 e. The Bertz CT molecular complexity index is 1890. The molecule has 0 spiro atoms. The van der Waals surface area contributed by atoms with Gasteiger partial charge in [0, 0.05) is 12.8 Å². The molecule has 0 rings (SSSR count). The normalized spacial score (nSPS) is 13.5. The fraction of sp³-hybridized carbons (Fsp3) is 0.679. The van der Waals surface area contributed by atoms with Crippen LogP contribution in [0.4, 0.5) is 0 Å². The lowest BCUT2D eigenvalue weighted by molar-refractivity contribution is -0.870. The van der Waals surface area contributed by atoms with E-state index in [-0.39, 0.29) is 32.2 Å². The van der Waals surface area contributed by atoms with E-state index < -0.39 is 24.3 Å². The van der Waals surface area contributed by atoms with Crippen molar-refractivity contribution in [2.45, 2.75) is 296 Å². The van der Waals surface area contributed by atoms with Gasteiger partial charge >= 0.3 is 17.9 Å². The minimum absolute atomic E-state index is 0.182. The monoisotopic (exact) mass is 1210 g/mol. The van der Waals surface area contributed by atoms with E-state index in [1.807, 2.05) is 21.1 Å². The second kappa shape index (κ2) is 67.4. The van der Waals surface area contributed by atoms with E-state index in [4.69, 9.17) is 18.9 Å². The van der Waals surface area contributed by atoms with E-state index in [0.29, 0.717) is 23.9 Å². The highest BCUT2D eigenvalue weighted by molar-refractivity contribution is 5.71. The first kappa shape index (κ1) is 82.4. The van der Waals surface area contributed by atoms with Crippen LogP contribution in [-0.2, 0) is 33.3 Å². The molecule has 9 nitrogen and oxygen atoms in total. The summed E-state index contributed by atoms with van der Waals surface area (Å²) in [5.41, 5.74) is 0. The van der Waals surface area contributed by atoms with Crippen molar-refractivity contribution >= 4 is 17.9 Å². The molecule has 0 bridgehead atoms. The maximum atomic E-state index is 13.0. The highest BCUT2D eigenvalue weighted by atomic mass is 16.7. The average molecular weight is 1210 g/mol. The summed E-state index contributed by atoms with van der Waals surface area (Å²) >= 11 is 0. The van der Waals surface area contributed by atoms with Crippen LogP contribution in [-0.4, -0.2) is 87.4 Å². The second-order valence-electron chi connectivity index (χ2n) is 24.4. The summed E-state index contributed by atoms with van der Waals surface area (Å²) in [7, 11) is 5.97. The zero-order valence-electron chi connectivity index (χ0n) is 56.6. The standard InChI is InChI=1S/C78H131NO8/c1-6-8-10-12-14-16-18-20-22-24-26-28-30-32-34-36-37-38-39-41-42-44-46-48-50-52-54-56-58-60-62-64-66-68-75(80)85-72-74(73-86-78(77(82)83)84-71-70-79(3,4)5)87-76(81)69-67-65-63-61-59-57-55-53-51-49-47-45-43-40-35-33-31-29-27-25-23-21-19-17-15-13-11-9-7-2/h8-11,14-17,20-23,26-29,32-35,43,45,74,78H,6-7,12-13,18-19,24-25,30-31,36-42,44,46-73H2,1-5H3/p+1/b10-8-,11-9-,16-14-,17-15-,22-20-,23-21-,28-26-,29-27-,34-32-,35-33-,45-43-. The number of allylic oxidation sites excluding steroid dienone is 22. The second-order valence-corrected chi connectivity index (χ2v) is 24.4. The summed E-state index contributed by atoms with van der Waals surface area (Å²) in [6.45, 7) is 4.66. The number of carbonyl (C=O) groups excluding carboxylic acids is 2. The molecule has 0 aromatic rings. The number of unbranched alkanes of at least 4 members (excludes halogenated alkanes) is 27. The van der Waals surface area contributed by atoms with Crippen LogP contribution in [0.1, 0.15) is 284 Å². The molecular weight excluding hydrogens is 1080 g/mol. The van der Waals surface area contributed by atoms with Gasteiger partial charge in [-0.3, -0.25) is 9.59 Å². The summed E-state index contributed by atoms with van der Waals surface area (Å²) in [6.07, 6.45) is 94.2. The van der Waals surface area contributed by atoms with Gasteiger partial charge in [-0.15, -0.1) is 0 Å². The molecule has 0 aliphatic rings. The zero-order chi connectivity index (χ0) is 63.3. The predicted octanol–water partition coefficient (Wildman–Crippen LogP) is 22.1. The minimum atomic E-state index is -1.52. The van der Waals surface area contributed by atoms with Crippen LogP contribution in [0.5, 0.6) is 0 Å². The van der Waals surface area contributed by atoms with Crippen LogP contribution < -0.4 is 0 Å². The Labute approximate surface area is 535 Å². The van der Waals surface area contributed by atoms with Gasteiger partial charge in [0.2, 0.25) is 0 Å². The molecule has 0 amide bonds. The molecular formula is C78H132NO8+. The van der Waals surface area contributed by atoms with Crippen molar-refractivity contribution < 1.29 is 42.9 Å². The van der Waals surface area contributed by atoms with Crippen molar-refractivity contribution in [1.82, 2.24) is 0 Å². The Morgan fingerprint density at radius 3 is 0.920 bits per heavy atom. The first-order valence-corrected chi connectivity index (χ1v) is 35.3. The molecule has 2 atom stereocenters. The lowest BCUT2D eigenvalue weighted by Gasteiger charge is -2.25. The van der Waals surface area contributed by atoms with Crippen molar-refractivity contribution in [1.29, 1.82) is 0 Å². The van der Waals surface area contributed by atoms with E-state index >= 15 is 0 Å². The molecule has 496 valence electrons. The summed E-state index contributed by atoms with van der Waals surface area (Å²) < 4.78 is 23.0. The van der Waals surface area contributed by atoms with Crippen LogP contribution in [0.15, 0.2) is 134 Å². The molecule has 9 heteroatoms. The average Bonchev–Trinajstić information content (AvgIpc) is 3.57. The summed E-state index contributed by atoms with van der Waals surface area (Å²) in [4.78, 5) is 37.7. The number of carboxylic acids is 1. The van der Waals surface area contributed by atoms with E-state index in [2.05, 4.69) is 148 Å². The Morgan fingerprint density at radius 1 is 0.345 bits per heavy atom.